The number of pyridine rings is 1. The Balaban J connectivity index is 2.15. The first kappa shape index (κ1) is 14.1. The first-order chi connectivity index (χ1) is 8.22. The molecule has 96 valence electrons. The van der Waals surface area contributed by atoms with Gasteiger partial charge < -0.3 is 5.32 Å². The molecule has 1 heterocycles. The largest absolute Gasteiger partial charge is 0.313 e. The molecule has 0 spiro atoms. The van der Waals surface area contributed by atoms with Gasteiger partial charge in [-0.15, -0.1) is 0 Å². The molecule has 0 saturated carbocycles. The van der Waals surface area contributed by atoms with Crippen molar-refractivity contribution in [3.63, 3.8) is 0 Å². The molecule has 0 amide bonds. The summed E-state index contributed by atoms with van der Waals surface area (Å²) in [5.74, 6) is 0. The fourth-order valence-corrected chi connectivity index (χ4v) is 1.88. The third-order valence-electron chi connectivity index (χ3n) is 2.87. The molecular formula is C14H25N3. The number of likely N-dealkylation sites (N-methyl/N-ethyl adjacent to an activating group) is 1. The lowest BCUT2D eigenvalue weighted by Crippen LogP contribution is -2.34. The third-order valence-corrected chi connectivity index (χ3v) is 2.87. The van der Waals surface area contributed by atoms with Gasteiger partial charge in [0, 0.05) is 31.9 Å². The van der Waals surface area contributed by atoms with Crippen molar-refractivity contribution >= 4 is 0 Å². The van der Waals surface area contributed by atoms with E-state index >= 15 is 0 Å². The van der Waals surface area contributed by atoms with E-state index in [1.807, 2.05) is 18.3 Å². The topological polar surface area (TPSA) is 28.2 Å². The van der Waals surface area contributed by atoms with Crippen molar-refractivity contribution in [3.8, 4) is 0 Å². The molecule has 0 aliphatic carbocycles. The van der Waals surface area contributed by atoms with Crippen molar-refractivity contribution < 1.29 is 0 Å². The maximum atomic E-state index is 4.33. The van der Waals surface area contributed by atoms with Gasteiger partial charge in [-0.1, -0.05) is 19.4 Å². The summed E-state index contributed by atoms with van der Waals surface area (Å²) in [6.45, 7) is 7.51. The predicted octanol–water partition coefficient (Wildman–Crippen LogP) is 2.29. The number of hydrogen-bond acceptors (Lipinski definition) is 3. The minimum atomic E-state index is 0.628. The van der Waals surface area contributed by atoms with Gasteiger partial charge in [0.25, 0.3) is 0 Å². The molecule has 0 radical (unpaired) electrons. The van der Waals surface area contributed by atoms with Crippen LogP contribution < -0.4 is 5.32 Å². The number of rotatable bonds is 8. The second-order valence-corrected chi connectivity index (χ2v) is 4.70. The Hall–Kier alpha value is -0.930. The van der Waals surface area contributed by atoms with Gasteiger partial charge in [-0.2, -0.15) is 0 Å². The molecule has 1 atom stereocenters. The van der Waals surface area contributed by atoms with Crippen molar-refractivity contribution in [2.45, 2.75) is 39.3 Å². The Morgan fingerprint density at radius 2 is 2.24 bits per heavy atom. The minimum absolute atomic E-state index is 0.628. The van der Waals surface area contributed by atoms with Gasteiger partial charge in [-0.3, -0.25) is 9.88 Å². The van der Waals surface area contributed by atoms with E-state index in [4.69, 9.17) is 0 Å². The molecule has 3 nitrogen and oxygen atoms in total. The Kier molecular flexibility index (Phi) is 6.82. The first-order valence-corrected chi connectivity index (χ1v) is 6.54. The quantitative estimate of drug-likeness (QED) is 0.749. The maximum Gasteiger partial charge on any atom is 0.0543 e. The van der Waals surface area contributed by atoms with E-state index in [0.717, 1.165) is 25.3 Å². The number of aromatic nitrogens is 1. The summed E-state index contributed by atoms with van der Waals surface area (Å²) in [5, 5.41) is 3.54. The molecule has 0 fully saturated rings. The Labute approximate surface area is 105 Å². The molecule has 0 aliphatic rings. The third kappa shape index (κ3) is 6.39. The zero-order valence-corrected chi connectivity index (χ0v) is 11.3. The normalized spacial score (nSPS) is 12.9. The average Bonchev–Trinajstić information content (AvgIpc) is 2.30. The van der Waals surface area contributed by atoms with Crippen molar-refractivity contribution in [3.05, 3.63) is 30.1 Å². The summed E-state index contributed by atoms with van der Waals surface area (Å²) in [6.07, 6.45) is 4.35. The Morgan fingerprint density at radius 1 is 1.41 bits per heavy atom. The summed E-state index contributed by atoms with van der Waals surface area (Å²) in [5.41, 5.74) is 1.14. The van der Waals surface area contributed by atoms with Crippen LogP contribution in [0.15, 0.2) is 24.4 Å². The number of nitrogens with one attached hydrogen (secondary N) is 1. The molecule has 3 heteroatoms. The van der Waals surface area contributed by atoms with E-state index in [2.05, 4.69) is 42.2 Å². The lowest BCUT2D eigenvalue weighted by Gasteiger charge is -2.18. The monoisotopic (exact) mass is 235 g/mol. The summed E-state index contributed by atoms with van der Waals surface area (Å²) in [4.78, 5) is 6.63. The molecular weight excluding hydrogens is 210 g/mol. The lowest BCUT2D eigenvalue weighted by atomic mass is 10.2. The van der Waals surface area contributed by atoms with Gasteiger partial charge in [0.1, 0.15) is 0 Å². The molecule has 0 bridgehead atoms. The average molecular weight is 235 g/mol. The number of nitrogens with zero attached hydrogens (tertiary/aromatic N) is 2. The van der Waals surface area contributed by atoms with Crippen LogP contribution in [0.3, 0.4) is 0 Å². The molecule has 1 aromatic rings. The Morgan fingerprint density at radius 3 is 2.88 bits per heavy atom. The zero-order chi connectivity index (χ0) is 12.5. The predicted molar refractivity (Wildman–Crippen MR) is 72.9 cm³/mol. The highest BCUT2D eigenvalue weighted by atomic mass is 15.1. The van der Waals surface area contributed by atoms with E-state index in [1.165, 1.54) is 12.8 Å². The lowest BCUT2D eigenvalue weighted by molar-refractivity contribution is 0.313. The highest BCUT2D eigenvalue weighted by molar-refractivity contribution is 5.02. The second kappa shape index (κ2) is 8.20. The molecule has 1 unspecified atom stereocenters. The molecule has 17 heavy (non-hydrogen) atoms. The van der Waals surface area contributed by atoms with Crippen LogP contribution in [0.5, 0.6) is 0 Å². The smallest absolute Gasteiger partial charge is 0.0543 e. The Bertz CT molecular complexity index is 287. The van der Waals surface area contributed by atoms with Crippen molar-refractivity contribution in [1.82, 2.24) is 15.2 Å². The fourth-order valence-electron chi connectivity index (χ4n) is 1.88. The van der Waals surface area contributed by atoms with Crippen LogP contribution in [-0.4, -0.2) is 36.1 Å². The molecule has 0 aliphatic heterocycles. The van der Waals surface area contributed by atoms with E-state index in [9.17, 15) is 0 Å². The highest BCUT2D eigenvalue weighted by Gasteiger charge is 2.02. The van der Waals surface area contributed by atoms with E-state index in [-0.39, 0.29) is 0 Å². The molecule has 0 saturated heterocycles. The molecule has 0 aromatic carbocycles. The highest BCUT2D eigenvalue weighted by Crippen LogP contribution is 1.98. The van der Waals surface area contributed by atoms with Crippen LogP contribution in [0.25, 0.3) is 0 Å². The standard InChI is InChI=1S/C14H25N3/c1-4-7-13(2)15-10-11-17(3)12-14-8-5-6-9-16-14/h5-6,8-9,13,15H,4,7,10-12H2,1-3H3. The maximum absolute atomic E-state index is 4.33. The van der Waals surface area contributed by atoms with E-state index in [0.29, 0.717) is 6.04 Å². The number of hydrogen-bond donors (Lipinski definition) is 1. The first-order valence-electron chi connectivity index (χ1n) is 6.54. The fraction of sp³-hybridized carbons (Fsp3) is 0.643. The van der Waals surface area contributed by atoms with Gasteiger partial charge >= 0.3 is 0 Å². The van der Waals surface area contributed by atoms with Crippen molar-refractivity contribution in [1.29, 1.82) is 0 Å². The van der Waals surface area contributed by atoms with E-state index < -0.39 is 0 Å². The molecule has 1 rings (SSSR count). The SMILES string of the molecule is CCCC(C)NCCN(C)Cc1ccccn1. The van der Waals surface area contributed by atoms with Gasteiger partial charge in [0.2, 0.25) is 0 Å². The minimum Gasteiger partial charge on any atom is -0.313 e. The van der Waals surface area contributed by atoms with Crippen LogP contribution in [0, 0.1) is 0 Å². The van der Waals surface area contributed by atoms with Crippen LogP contribution in [0.2, 0.25) is 0 Å². The van der Waals surface area contributed by atoms with Crippen LogP contribution in [-0.2, 0) is 6.54 Å². The van der Waals surface area contributed by atoms with Crippen LogP contribution in [0.1, 0.15) is 32.4 Å². The van der Waals surface area contributed by atoms with Gasteiger partial charge in [0.05, 0.1) is 5.69 Å². The van der Waals surface area contributed by atoms with Crippen LogP contribution >= 0.6 is 0 Å². The van der Waals surface area contributed by atoms with Crippen molar-refractivity contribution in [2.24, 2.45) is 0 Å². The van der Waals surface area contributed by atoms with Crippen molar-refractivity contribution in [2.75, 3.05) is 20.1 Å². The van der Waals surface area contributed by atoms with Gasteiger partial charge in [0.15, 0.2) is 0 Å². The van der Waals surface area contributed by atoms with Gasteiger partial charge in [-0.25, -0.2) is 0 Å². The van der Waals surface area contributed by atoms with Crippen LogP contribution in [0.4, 0.5) is 0 Å². The summed E-state index contributed by atoms with van der Waals surface area (Å²) >= 11 is 0. The summed E-state index contributed by atoms with van der Waals surface area (Å²) in [6, 6.07) is 6.70. The molecule has 1 aromatic heterocycles. The molecule has 1 N–H and O–H groups in total. The van der Waals surface area contributed by atoms with Gasteiger partial charge in [-0.05, 0) is 32.5 Å². The zero-order valence-electron chi connectivity index (χ0n) is 11.3. The summed E-state index contributed by atoms with van der Waals surface area (Å²) < 4.78 is 0. The second-order valence-electron chi connectivity index (χ2n) is 4.70. The van der Waals surface area contributed by atoms with E-state index in [1.54, 1.807) is 0 Å². The summed E-state index contributed by atoms with van der Waals surface area (Å²) in [7, 11) is 2.14.